The molecule has 0 fully saturated rings. The summed E-state index contributed by atoms with van der Waals surface area (Å²) in [6, 6.07) is 12.1. The summed E-state index contributed by atoms with van der Waals surface area (Å²) >= 11 is 5.14. The standard InChI is InChI=1S/C17H17NO3S/c1-11-3-6-13(10-15(11)17(22)21-2)18-16(20)9-12-4-7-14(19)8-5-12/h3-8,10,19H,9H2,1-2H3,(H,18,20). The van der Waals surface area contributed by atoms with Crippen LogP contribution < -0.4 is 5.32 Å². The second kappa shape index (κ2) is 7.04. The van der Waals surface area contributed by atoms with Crippen LogP contribution in [-0.4, -0.2) is 23.2 Å². The Morgan fingerprint density at radius 1 is 1.23 bits per heavy atom. The minimum atomic E-state index is -0.135. The largest absolute Gasteiger partial charge is 0.508 e. The molecule has 0 aromatic heterocycles. The first-order valence-electron chi connectivity index (χ1n) is 6.76. The van der Waals surface area contributed by atoms with Gasteiger partial charge in [0.25, 0.3) is 0 Å². The molecule has 2 aromatic rings. The summed E-state index contributed by atoms with van der Waals surface area (Å²) in [5.41, 5.74) is 3.28. The number of methoxy groups -OCH3 is 1. The molecule has 2 rings (SSSR count). The van der Waals surface area contributed by atoms with Crippen molar-refractivity contribution in [3.05, 3.63) is 59.2 Å². The molecule has 0 aliphatic rings. The van der Waals surface area contributed by atoms with Gasteiger partial charge >= 0.3 is 0 Å². The Morgan fingerprint density at radius 2 is 1.91 bits per heavy atom. The molecule has 1 amide bonds. The maximum Gasteiger partial charge on any atom is 0.228 e. The van der Waals surface area contributed by atoms with Gasteiger partial charge in [-0.3, -0.25) is 4.79 Å². The molecule has 0 saturated carbocycles. The van der Waals surface area contributed by atoms with E-state index in [1.807, 2.05) is 19.1 Å². The second-order valence-corrected chi connectivity index (χ2v) is 5.28. The van der Waals surface area contributed by atoms with E-state index in [0.717, 1.165) is 16.7 Å². The fraction of sp³-hybridized carbons (Fsp3) is 0.176. The van der Waals surface area contributed by atoms with E-state index in [1.54, 1.807) is 30.3 Å². The van der Waals surface area contributed by atoms with Crippen LogP contribution in [0.5, 0.6) is 5.75 Å². The monoisotopic (exact) mass is 315 g/mol. The summed E-state index contributed by atoms with van der Waals surface area (Å²) in [6.45, 7) is 1.93. The maximum atomic E-state index is 12.1. The zero-order valence-corrected chi connectivity index (χ0v) is 13.2. The average molecular weight is 315 g/mol. The molecular weight excluding hydrogens is 298 g/mol. The van der Waals surface area contributed by atoms with Gasteiger partial charge in [0.2, 0.25) is 5.91 Å². The number of hydrogen-bond acceptors (Lipinski definition) is 4. The van der Waals surface area contributed by atoms with Crippen molar-refractivity contribution in [3.8, 4) is 5.75 Å². The van der Waals surface area contributed by atoms with Crippen molar-refractivity contribution < 1.29 is 14.6 Å². The van der Waals surface area contributed by atoms with E-state index < -0.39 is 0 Å². The van der Waals surface area contributed by atoms with Crippen LogP contribution in [-0.2, 0) is 16.0 Å². The number of nitrogens with one attached hydrogen (secondary N) is 1. The minimum absolute atomic E-state index is 0.135. The lowest BCUT2D eigenvalue weighted by Crippen LogP contribution is -2.15. The molecule has 0 unspecified atom stereocenters. The fourth-order valence-electron chi connectivity index (χ4n) is 2.03. The van der Waals surface area contributed by atoms with Crippen LogP contribution in [0.3, 0.4) is 0 Å². The zero-order chi connectivity index (χ0) is 16.1. The highest BCUT2D eigenvalue weighted by molar-refractivity contribution is 7.80. The number of aromatic hydroxyl groups is 1. The van der Waals surface area contributed by atoms with Crippen molar-refractivity contribution in [2.75, 3.05) is 12.4 Å². The van der Waals surface area contributed by atoms with Crippen LogP contribution in [0.2, 0.25) is 0 Å². The van der Waals surface area contributed by atoms with Gasteiger partial charge in [-0.15, -0.1) is 0 Å². The van der Waals surface area contributed by atoms with E-state index in [2.05, 4.69) is 5.32 Å². The number of aryl methyl sites for hydroxylation is 1. The van der Waals surface area contributed by atoms with E-state index in [9.17, 15) is 9.90 Å². The number of thiocarbonyl (C=S) groups is 1. The molecule has 22 heavy (non-hydrogen) atoms. The lowest BCUT2D eigenvalue weighted by Gasteiger charge is -2.10. The molecule has 0 aliphatic heterocycles. The summed E-state index contributed by atoms with van der Waals surface area (Å²) in [4.78, 5) is 12.1. The van der Waals surface area contributed by atoms with Gasteiger partial charge in [-0.05, 0) is 54.5 Å². The van der Waals surface area contributed by atoms with Crippen molar-refractivity contribution in [2.24, 2.45) is 0 Å². The van der Waals surface area contributed by atoms with Crippen molar-refractivity contribution in [1.29, 1.82) is 0 Å². The van der Waals surface area contributed by atoms with Crippen LogP contribution in [0.4, 0.5) is 5.69 Å². The van der Waals surface area contributed by atoms with E-state index in [-0.39, 0.29) is 18.1 Å². The number of hydrogen-bond donors (Lipinski definition) is 2. The van der Waals surface area contributed by atoms with E-state index in [1.165, 1.54) is 7.11 Å². The number of anilines is 1. The first kappa shape index (κ1) is 16.0. The topological polar surface area (TPSA) is 58.6 Å². The first-order chi connectivity index (χ1) is 10.5. The number of ether oxygens (including phenoxy) is 1. The minimum Gasteiger partial charge on any atom is -0.508 e. The van der Waals surface area contributed by atoms with Gasteiger partial charge in [0.15, 0.2) is 5.05 Å². The highest BCUT2D eigenvalue weighted by Gasteiger charge is 2.09. The third kappa shape index (κ3) is 4.05. The summed E-state index contributed by atoms with van der Waals surface area (Å²) < 4.78 is 5.08. The van der Waals surface area contributed by atoms with E-state index >= 15 is 0 Å². The average Bonchev–Trinajstić information content (AvgIpc) is 2.50. The molecule has 5 heteroatoms. The van der Waals surface area contributed by atoms with Gasteiger partial charge in [-0.2, -0.15) is 0 Å². The fourth-order valence-corrected chi connectivity index (χ4v) is 2.25. The van der Waals surface area contributed by atoms with Gasteiger partial charge in [0.1, 0.15) is 5.75 Å². The van der Waals surface area contributed by atoms with E-state index in [0.29, 0.717) is 10.7 Å². The zero-order valence-electron chi connectivity index (χ0n) is 12.4. The molecule has 0 heterocycles. The molecule has 114 valence electrons. The maximum absolute atomic E-state index is 12.1. The van der Waals surface area contributed by atoms with Gasteiger partial charge in [-0.25, -0.2) is 0 Å². The third-order valence-electron chi connectivity index (χ3n) is 3.23. The van der Waals surface area contributed by atoms with Gasteiger partial charge in [0, 0.05) is 11.3 Å². The van der Waals surface area contributed by atoms with E-state index in [4.69, 9.17) is 17.0 Å². The predicted octanol–water partition coefficient (Wildman–Crippen LogP) is 3.20. The molecular formula is C17H17NO3S. The third-order valence-corrected chi connectivity index (χ3v) is 3.61. The van der Waals surface area contributed by atoms with Crippen LogP contribution in [0, 0.1) is 6.92 Å². The van der Waals surface area contributed by atoms with Gasteiger partial charge in [0.05, 0.1) is 13.5 Å². The van der Waals surface area contributed by atoms with Crippen molar-refractivity contribution in [2.45, 2.75) is 13.3 Å². The molecule has 0 radical (unpaired) electrons. The van der Waals surface area contributed by atoms with Crippen LogP contribution in [0.15, 0.2) is 42.5 Å². The number of carbonyl (C=O) groups excluding carboxylic acids is 1. The van der Waals surface area contributed by atoms with Crippen molar-refractivity contribution in [1.82, 2.24) is 0 Å². The van der Waals surface area contributed by atoms with Crippen molar-refractivity contribution in [3.63, 3.8) is 0 Å². The highest BCUT2D eigenvalue weighted by Crippen LogP contribution is 2.17. The normalized spacial score (nSPS) is 10.1. The highest BCUT2D eigenvalue weighted by atomic mass is 32.1. The number of phenolic OH excluding ortho intramolecular Hbond substituents is 1. The molecule has 0 atom stereocenters. The molecule has 2 N–H and O–H groups in total. The number of phenols is 1. The lowest BCUT2D eigenvalue weighted by molar-refractivity contribution is -0.115. The van der Waals surface area contributed by atoms with Crippen LogP contribution >= 0.6 is 12.2 Å². The molecule has 0 aliphatic carbocycles. The van der Waals surface area contributed by atoms with Crippen LogP contribution in [0.25, 0.3) is 0 Å². The summed E-state index contributed by atoms with van der Waals surface area (Å²) in [7, 11) is 1.53. The SMILES string of the molecule is COC(=S)c1cc(NC(=O)Cc2ccc(O)cc2)ccc1C. The lowest BCUT2D eigenvalue weighted by atomic mass is 10.1. The smallest absolute Gasteiger partial charge is 0.228 e. The number of rotatable bonds is 4. The molecule has 4 nitrogen and oxygen atoms in total. The Balaban J connectivity index is 2.08. The Bertz CT molecular complexity index is 696. The Labute approximate surface area is 134 Å². The number of amides is 1. The Hall–Kier alpha value is -2.40. The summed E-state index contributed by atoms with van der Waals surface area (Å²) in [6.07, 6.45) is 0.234. The molecule has 0 spiro atoms. The summed E-state index contributed by atoms with van der Waals surface area (Å²) in [5.74, 6) is 0.0456. The Morgan fingerprint density at radius 3 is 2.55 bits per heavy atom. The molecule has 2 aromatic carbocycles. The van der Waals surface area contributed by atoms with Gasteiger partial charge < -0.3 is 15.2 Å². The molecule has 0 saturated heterocycles. The van der Waals surface area contributed by atoms with Gasteiger partial charge in [-0.1, -0.05) is 18.2 Å². The van der Waals surface area contributed by atoms with Crippen molar-refractivity contribution >= 4 is 28.9 Å². The Kier molecular flexibility index (Phi) is 5.12. The second-order valence-electron chi connectivity index (χ2n) is 4.91. The number of carbonyl (C=O) groups is 1. The predicted molar refractivity (Wildman–Crippen MR) is 90.3 cm³/mol. The quantitative estimate of drug-likeness (QED) is 0.851. The summed E-state index contributed by atoms with van der Waals surface area (Å²) in [5, 5.41) is 12.5. The molecule has 0 bridgehead atoms. The first-order valence-corrected chi connectivity index (χ1v) is 7.17. The number of benzene rings is 2. The van der Waals surface area contributed by atoms with Crippen LogP contribution in [0.1, 0.15) is 16.7 Å².